The molecule has 2 atom stereocenters. The lowest BCUT2D eigenvalue weighted by Crippen LogP contribution is -2.35. The second-order valence-corrected chi connectivity index (χ2v) is 16.8. The zero-order valence-electron chi connectivity index (χ0n) is 36.4. The van der Waals surface area contributed by atoms with Crippen LogP contribution < -0.4 is 24.6 Å². The first-order valence-electron chi connectivity index (χ1n) is 19.7. The predicted molar refractivity (Wildman–Crippen MR) is 246 cm³/mol. The number of hydrogen-bond acceptors (Lipinski definition) is 11. The Morgan fingerprint density at radius 1 is 0.661 bits per heavy atom. The molecule has 0 aliphatic carbocycles. The number of hydrogen-bond donors (Lipinski definition) is 2. The normalized spacial score (nSPS) is 12.0. The number of rotatable bonds is 15. The number of esters is 2. The molecule has 0 bridgehead atoms. The molecule has 0 aliphatic heterocycles. The Hall–Kier alpha value is -6.90. The SMILES string of the molecule is C#CCN(c1ccc(NC(=O)OC(C)(C)C)c2ccccc12)[C@@H](C)CC(=O)OC.C#CCN(c1ccc(NS(=O)(=O)c2ccccc2OC)c2ccccc12)[C@@H](C)CC(=O)OC. The summed E-state index contributed by atoms with van der Waals surface area (Å²) < 4.78 is 49.1. The van der Waals surface area contributed by atoms with E-state index in [0.717, 1.165) is 27.5 Å². The third kappa shape index (κ3) is 12.3. The zero-order chi connectivity index (χ0) is 45.6. The fourth-order valence-corrected chi connectivity index (χ4v) is 7.99. The van der Waals surface area contributed by atoms with E-state index >= 15 is 0 Å². The molecule has 13 nitrogen and oxygen atoms in total. The lowest BCUT2D eigenvalue weighted by Gasteiger charge is -2.30. The molecule has 326 valence electrons. The Morgan fingerprint density at radius 3 is 1.55 bits per heavy atom. The monoisotopic (exact) mass is 862 g/mol. The van der Waals surface area contributed by atoms with Crippen molar-refractivity contribution >= 4 is 72.3 Å². The van der Waals surface area contributed by atoms with E-state index in [1.807, 2.05) is 105 Å². The van der Waals surface area contributed by atoms with Crippen LogP contribution in [0.5, 0.6) is 5.75 Å². The van der Waals surface area contributed by atoms with E-state index in [1.54, 1.807) is 30.3 Å². The highest BCUT2D eigenvalue weighted by atomic mass is 32.2. The lowest BCUT2D eigenvalue weighted by atomic mass is 10.0. The molecular formula is C48H54N4O9S. The van der Waals surface area contributed by atoms with E-state index in [2.05, 4.69) is 21.9 Å². The summed E-state index contributed by atoms with van der Waals surface area (Å²) in [6.07, 6.45) is 11.0. The lowest BCUT2D eigenvalue weighted by molar-refractivity contribution is -0.141. The number of ether oxygens (including phenoxy) is 4. The highest BCUT2D eigenvalue weighted by Gasteiger charge is 2.25. The van der Waals surface area contributed by atoms with Crippen molar-refractivity contribution in [2.45, 2.75) is 70.0 Å². The molecule has 0 aromatic heterocycles. The van der Waals surface area contributed by atoms with Crippen LogP contribution in [0.25, 0.3) is 21.5 Å². The Balaban J connectivity index is 0.000000275. The molecule has 0 fully saturated rings. The van der Waals surface area contributed by atoms with Crippen LogP contribution in [0.15, 0.2) is 102 Å². The number of fused-ring (bicyclic) bond motifs is 2. The van der Waals surface area contributed by atoms with Crippen LogP contribution >= 0.6 is 0 Å². The third-order valence-corrected chi connectivity index (χ3v) is 11.0. The van der Waals surface area contributed by atoms with Gasteiger partial charge in [-0.15, -0.1) is 12.8 Å². The number of terminal acetylenes is 2. The molecule has 2 N–H and O–H groups in total. The van der Waals surface area contributed by atoms with Gasteiger partial charge in [-0.1, -0.05) is 72.5 Å². The van der Waals surface area contributed by atoms with Crippen LogP contribution in [-0.4, -0.2) is 78.6 Å². The highest BCUT2D eigenvalue weighted by Crippen LogP contribution is 2.36. The van der Waals surface area contributed by atoms with Crippen molar-refractivity contribution in [1.29, 1.82) is 0 Å². The number of sulfonamides is 1. The Kier molecular flexibility index (Phi) is 16.6. The third-order valence-electron chi connectivity index (χ3n) is 9.63. The zero-order valence-corrected chi connectivity index (χ0v) is 37.2. The summed E-state index contributed by atoms with van der Waals surface area (Å²) in [6.45, 7) is 9.86. The average Bonchev–Trinajstić information content (AvgIpc) is 3.24. The molecule has 62 heavy (non-hydrogen) atoms. The number of nitrogens with one attached hydrogen (secondary N) is 2. The van der Waals surface area contributed by atoms with E-state index in [0.29, 0.717) is 23.3 Å². The van der Waals surface area contributed by atoms with Crippen molar-refractivity contribution in [3.63, 3.8) is 0 Å². The van der Waals surface area contributed by atoms with Crippen molar-refractivity contribution in [2.75, 3.05) is 54.3 Å². The van der Waals surface area contributed by atoms with Crippen LogP contribution in [0.3, 0.4) is 0 Å². The van der Waals surface area contributed by atoms with Crippen molar-refractivity contribution < 1.29 is 41.7 Å². The number of carbonyl (C=O) groups excluding carboxylic acids is 3. The molecule has 0 spiro atoms. The summed E-state index contributed by atoms with van der Waals surface area (Å²) in [7, 11) is 0.230. The molecule has 0 heterocycles. The first-order chi connectivity index (χ1) is 29.5. The maximum Gasteiger partial charge on any atom is 0.412 e. The second kappa shape index (κ2) is 21.6. The average molecular weight is 863 g/mol. The van der Waals surface area contributed by atoms with Gasteiger partial charge in [0.1, 0.15) is 16.2 Å². The van der Waals surface area contributed by atoms with E-state index in [-0.39, 0.29) is 54.1 Å². The number of anilines is 4. The van der Waals surface area contributed by atoms with Gasteiger partial charge in [0.15, 0.2) is 0 Å². The standard InChI is InChI=1S/C25H26N2O5S.C23H28N2O4/c1-5-16-27(18(2)17-25(28)32-4)22-15-14-21(19-10-6-7-11-20(19)22)26-33(29,30)24-13-9-8-12-23(24)31-3;1-7-14-25(16(2)15-21(26)28-6)20-13-12-19(17-10-8-9-11-18(17)20)24-22(27)29-23(3,4)5/h1,6-15,18,26H,16-17H2,2-4H3;1,8-13,16H,14-15H2,2-6H3,(H,24,27)/t18-;16-/m00/s1. The summed E-state index contributed by atoms with van der Waals surface area (Å²) in [6, 6.07) is 28.3. The van der Waals surface area contributed by atoms with Crippen molar-refractivity contribution in [2.24, 2.45) is 0 Å². The number of methoxy groups -OCH3 is 3. The van der Waals surface area contributed by atoms with Gasteiger partial charge < -0.3 is 28.7 Å². The van der Waals surface area contributed by atoms with E-state index in [4.69, 9.17) is 31.8 Å². The molecule has 5 aromatic rings. The van der Waals surface area contributed by atoms with E-state index in [1.165, 1.54) is 27.4 Å². The smallest absolute Gasteiger partial charge is 0.412 e. The Labute approximate surface area is 364 Å². The molecule has 0 unspecified atom stereocenters. The van der Waals surface area contributed by atoms with Crippen LogP contribution in [0, 0.1) is 24.7 Å². The molecular weight excluding hydrogens is 809 g/mol. The fraction of sp³-hybridized carbons (Fsp3) is 0.312. The van der Waals surface area contributed by atoms with Crippen molar-refractivity contribution in [1.82, 2.24) is 0 Å². The maximum absolute atomic E-state index is 13.1. The van der Waals surface area contributed by atoms with Gasteiger partial charge in [-0.2, -0.15) is 0 Å². The molecule has 5 aromatic carbocycles. The van der Waals surface area contributed by atoms with Gasteiger partial charge in [-0.3, -0.25) is 19.6 Å². The number of amides is 1. The van der Waals surface area contributed by atoms with Crippen molar-refractivity contribution in [3.05, 3.63) is 97.1 Å². The number of para-hydroxylation sites is 1. The van der Waals surface area contributed by atoms with Crippen molar-refractivity contribution in [3.8, 4) is 30.4 Å². The van der Waals surface area contributed by atoms with Gasteiger partial charge in [0, 0.05) is 45.0 Å². The molecule has 0 radical (unpaired) electrons. The largest absolute Gasteiger partial charge is 0.495 e. The van der Waals surface area contributed by atoms with Gasteiger partial charge in [0.25, 0.3) is 10.0 Å². The predicted octanol–water partition coefficient (Wildman–Crippen LogP) is 8.62. The minimum Gasteiger partial charge on any atom is -0.495 e. The van der Waals surface area contributed by atoms with Crippen LogP contribution in [-0.2, 0) is 33.8 Å². The van der Waals surface area contributed by atoms with Gasteiger partial charge >= 0.3 is 18.0 Å². The molecule has 1 amide bonds. The number of benzene rings is 5. The minimum atomic E-state index is -3.91. The molecule has 0 saturated heterocycles. The van der Waals surface area contributed by atoms with E-state index < -0.39 is 21.7 Å². The highest BCUT2D eigenvalue weighted by molar-refractivity contribution is 7.92. The minimum absolute atomic E-state index is 0.0429. The van der Waals surface area contributed by atoms with Gasteiger partial charge in [0.05, 0.1) is 58.6 Å². The first-order valence-corrected chi connectivity index (χ1v) is 21.2. The molecule has 5 rings (SSSR count). The van der Waals surface area contributed by atoms with Gasteiger partial charge in [-0.25, -0.2) is 13.2 Å². The second-order valence-electron chi connectivity index (χ2n) is 15.2. The van der Waals surface area contributed by atoms with Crippen LogP contribution in [0.1, 0.15) is 47.5 Å². The first kappa shape index (κ1) is 47.8. The quantitative estimate of drug-likeness (QED) is 0.0591. The number of nitrogens with zero attached hydrogens (tertiary/aromatic N) is 2. The topological polar surface area (TPSA) is 153 Å². The Morgan fingerprint density at radius 2 is 1.10 bits per heavy atom. The molecule has 0 aliphatic rings. The summed E-state index contributed by atoms with van der Waals surface area (Å²) in [5, 5.41) is 6.07. The Bertz CT molecular complexity index is 2570. The maximum atomic E-state index is 13.1. The fourth-order valence-electron chi connectivity index (χ4n) is 6.74. The molecule has 0 saturated carbocycles. The summed E-state index contributed by atoms with van der Waals surface area (Å²) in [4.78, 5) is 39.8. The summed E-state index contributed by atoms with van der Waals surface area (Å²) in [5.41, 5.74) is 2.14. The summed E-state index contributed by atoms with van der Waals surface area (Å²) in [5.74, 6) is 4.91. The van der Waals surface area contributed by atoms with E-state index in [9.17, 15) is 22.8 Å². The summed E-state index contributed by atoms with van der Waals surface area (Å²) >= 11 is 0. The number of carbonyl (C=O) groups is 3. The molecule has 14 heteroatoms. The van der Waals surface area contributed by atoms with Gasteiger partial charge in [-0.05, 0) is 71.0 Å². The van der Waals surface area contributed by atoms with Gasteiger partial charge in [0.2, 0.25) is 0 Å². The van der Waals surface area contributed by atoms with Crippen LogP contribution in [0.4, 0.5) is 27.5 Å². The van der Waals surface area contributed by atoms with Crippen LogP contribution in [0.2, 0.25) is 0 Å².